The molecule has 1 aromatic heterocycles. The van der Waals surface area contributed by atoms with Gasteiger partial charge in [0.2, 0.25) is 0 Å². The van der Waals surface area contributed by atoms with Crippen LogP contribution in [0.4, 0.5) is 13.2 Å². The van der Waals surface area contributed by atoms with E-state index in [9.17, 15) is 22.8 Å². The van der Waals surface area contributed by atoms with Crippen molar-refractivity contribution in [3.8, 4) is 0 Å². The van der Waals surface area contributed by atoms with E-state index < -0.39 is 29.0 Å². The van der Waals surface area contributed by atoms with Crippen LogP contribution >= 0.6 is 0 Å². The van der Waals surface area contributed by atoms with Gasteiger partial charge in [-0.1, -0.05) is 0 Å². The minimum absolute atomic E-state index is 0.0551. The lowest BCUT2D eigenvalue weighted by Crippen LogP contribution is -2.27. The van der Waals surface area contributed by atoms with E-state index in [2.05, 4.69) is 0 Å². The maximum Gasteiger partial charge on any atom is 0.343 e. The number of carbonyl (C=O) groups excluding carboxylic acids is 1. The highest BCUT2D eigenvalue weighted by Crippen LogP contribution is 2.14. The molecule has 0 atom stereocenters. The molecular weight excluding hydrogens is 299 g/mol. The minimum atomic E-state index is -1.57. The Morgan fingerprint density at radius 1 is 1.23 bits per heavy atom. The topological polar surface area (TPSA) is 48.3 Å². The van der Waals surface area contributed by atoms with Crippen molar-refractivity contribution in [1.82, 2.24) is 4.57 Å². The molecule has 0 saturated heterocycles. The number of benzene rings is 1. The van der Waals surface area contributed by atoms with E-state index >= 15 is 0 Å². The van der Waals surface area contributed by atoms with Gasteiger partial charge < -0.3 is 9.30 Å². The van der Waals surface area contributed by atoms with Crippen molar-refractivity contribution in [3.63, 3.8) is 0 Å². The number of halogens is 3. The summed E-state index contributed by atoms with van der Waals surface area (Å²) in [5, 5.41) is 0. The zero-order chi connectivity index (χ0) is 16.3. The van der Waals surface area contributed by atoms with Crippen LogP contribution in [0.1, 0.15) is 22.8 Å². The molecule has 0 N–H and O–H groups in total. The number of esters is 1. The third-order valence-electron chi connectivity index (χ3n) is 2.91. The number of hydrogen-bond donors (Lipinski definition) is 0. The van der Waals surface area contributed by atoms with Gasteiger partial charge in [-0.25, -0.2) is 18.0 Å². The molecule has 0 spiro atoms. The molecule has 0 aliphatic heterocycles. The number of rotatable bonds is 4. The van der Waals surface area contributed by atoms with E-state index in [1.54, 1.807) is 6.92 Å². The molecule has 1 aromatic carbocycles. The summed E-state index contributed by atoms with van der Waals surface area (Å²) in [4.78, 5) is 23.7. The molecule has 2 aromatic rings. The molecule has 0 bridgehead atoms. The highest BCUT2D eigenvalue weighted by Gasteiger charge is 2.15. The Balaban J connectivity index is 2.37. The van der Waals surface area contributed by atoms with Crippen molar-refractivity contribution in [2.75, 3.05) is 6.61 Å². The van der Waals surface area contributed by atoms with Gasteiger partial charge in [-0.05, 0) is 36.8 Å². The summed E-state index contributed by atoms with van der Waals surface area (Å²) in [5.41, 5.74) is -0.794. The lowest BCUT2D eigenvalue weighted by molar-refractivity contribution is 0.0523. The second-order valence-corrected chi connectivity index (χ2v) is 4.45. The largest absolute Gasteiger partial charge is 0.462 e. The first-order chi connectivity index (χ1) is 10.4. The lowest BCUT2D eigenvalue weighted by Gasteiger charge is -2.08. The van der Waals surface area contributed by atoms with E-state index in [1.807, 2.05) is 0 Å². The molecule has 1 heterocycles. The Kier molecular flexibility index (Phi) is 4.65. The fraction of sp³-hybridized carbons (Fsp3) is 0.200. The zero-order valence-corrected chi connectivity index (χ0v) is 11.6. The summed E-state index contributed by atoms with van der Waals surface area (Å²) in [6.45, 7) is 1.51. The molecule has 0 saturated carbocycles. The minimum Gasteiger partial charge on any atom is -0.462 e. The van der Waals surface area contributed by atoms with E-state index in [4.69, 9.17) is 4.74 Å². The summed E-state index contributed by atoms with van der Waals surface area (Å²) in [5.74, 6) is -5.04. The standard InChI is InChI=1S/C15H12F3NO3/c1-2-22-15(21)10-4-3-5-19(14(10)20)8-9-6-11(16)13(18)12(17)7-9/h3-7H,2,8H2,1H3. The molecule has 0 aliphatic rings. The second kappa shape index (κ2) is 6.46. The number of pyridine rings is 1. The van der Waals surface area contributed by atoms with Gasteiger partial charge in [-0.2, -0.15) is 0 Å². The highest BCUT2D eigenvalue weighted by molar-refractivity contribution is 5.88. The van der Waals surface area contributed by atoms with E-state index in [-0.39, 0.29) is 24.3 Å². The molecule has 4 nitrogen and oxygen atoms in total. The van der Waals surface area contributed by atoms with Crippen LogP contribution in [0.25, 0.3) is 0 Å². The number of hydrogen-bond acceptors (Lipinski definition) is 3. The number of carbonyl (C=O) groups is 1. The monoisotopic (exact) mass is 311 g/mol. The maximum absolute atomic E-state index is 13.2. The van der Waals surface area contributed by atoms with Gasteiger partial charge in [-0.3, -0.25) is 4.79 Å². The first-order valence-corrected chi connectivity index (χ1v) is 6.44. The van der Waals surface area contributed by atoms with Gasteiger partial charge in [-0.15, -0.1) is 0 Å². The Labute approximate surface area is 123 Å². The second-order valence-electron chi connectivity index (χ2n) is 4.45. The van der Waals surface area contributed by atoms with E-state index in [1.165, 1.54) is 18.3 Å². The number of ether oxygens (including phenoxy) is 1. The Morgan fingerprint density at radius 2 is 1.86 bits per heavy atom. The van der Waals surface area contributed by atoms with Gasteiger partial charge in [0, 0.05) is 6.20 Å². The summed E-state index contributed by atoms with van der Waals surface area (Å²) in [7, 11) is 0. The summed E-state index contributed by atoms with van der Waals surface area (Å²) < 4.78 is 45.1. The fourth-order valence-electron chi connectivity index (χ4n) is 1.92. The zero-order valence-electron chi connectivity index (χ0n) is 11.6. The lowest BCUT2D eigenvalue weighted by atomic mass is 10.2. The highest BCUT2D eigenvalue weighted by atomic mass is 19.2. The first kappa shape index (κ1) is 15.8. The molecular formula is C15H12F3NO3. The van der Waals surface area contributed by atoms with Gasteiger partial charge in [0.25, 0.3) is 5.56 Å². The molecule has 7 heteroatoms. The van der Waals surface area contributed by atoms with Crippen molar-refractivity contribution >= 4 is 5.97 Å². The molecule has 22 heavy (non-hydrogen) atoms. The van der Waals surface area contributed by atoms with Crippen LogP contribution in [0.15, 0.2) is 35.3 Å². The van der Waals surface area contributed by atoms with Gasteiger partial charge in [0.15, 0.2) is 17.5 Å². The van der Waals surface area contributed by atoms with E-state index in [0.29, 0.717) is 0 Å². The molecule has 0 fully saturated rings. The Morgan fingerprint density at radius 3 is 2.45 bits per heavy atom. The predicted octanol–water partition coefficient (Wildman–Crippen LogP) is 2.49. The van der Waals surface area contributed by atoms with Crippen molar-refractivity contribution in [2.24, 2.45) is 0 Å². The molecule has 0 aliphatic carbocycles. The van der Waals surface area contributed by atoms with Crippen LogP contribution in [0.3, 0.4) is 0 Å². The molecule has 0 unspecified atom stereocenters. The van der Waals surface area contributed by atoms with Crippen LogP contribution in [-0.4, -0.2) is 17.1 Å². The van der Waals surface area contributed by atoms with Crippen LogP contribution in [-0.2, 0) is 11.3 Å². The van der Waals surface area contributed by atoms with Crippen molar-refractivity contribution in [2.45, 2.75) is 13.5 Å². The predicted molar refractivity (Wildman–Crippen MR) is 72.1 cm³/mol. The van der Waals surface area contributed by atoms with Crippen molar-refractivity contribution in [3.05, 3.63) is 69.4 Å². The van der Waals surface area contributed by atoms with Crippen LogP contribution in [0.2, 0.25) is 0 Å². The fourth-order valence-corrected chi connectivity index (χ4v) is 1.92. The average molecular weight is 311 g/mol. The maximum atomic E-state index is 13.2. The van der Waals surface area contributed by atoms with Crippen molar-refractivity contribution < 1.29 is 22.7 Å². The Bertz CT molecular complexity index is 748. The quantitative estimate of drug-likeness (QED) is 0.644. The summed E-state index contributed by atoms with van der Waals surface area (Å²) in [6.07, 6.45) is 1.35. The third kappa shape index (κ3) is 3.19. The van der Waals surface area contributed by atoms with Gasteiger partial charge >= 0.3 is 5.97 Å². The number of aromatic nitrogens is 1. The molecule has 0 amide bonds. The summed E-state index contributed by atoms with van der Waals surface area (Å²) >= 11 is 0. The number of nitrogens with zero attached hydrogens (tertiary/aromatic N) is 1. The molecule has 0 radical (unpaired) electrons. The van der Waals surface area contributed by atoms with Crippen LogP contribution in [0, 0.1) is 17.5 Å². The smallest absolute Gasteiger partial charge is 0.343 e. The first-order valence-electron chi connectivity index (χ1n) is 6.44. The molecule has 116 valence electrons. The SMILES string of the molecule is CCOC(=O)c1cccn(Cc2cc(F)c(F)c(F)c2)c1=O. The average Bonchev–Trinajstić information content (AvgIpc) is 2.47. The Hall–Kier alpha value is -2.57. The third-order valence-corrected chi connectivity index (χ3v) is 2.91. The van der Waals surface area contributed by atoms with Gasteiger partial charge in [0.05, 0.1) is 13.2 Å². The summed E-state index contributed by atoms with van der Waals surface area (Å²) in [6, 6.07) is 4.32. The van der Waals surface area contributed by atoms with E-state index in [0.717, 1.165) is 16.7 Å². The van der Waals surface area contributed by atoms with Crippen LogP contribution < -0.4 is 5.56 Å². The van der Waals surface area contributed by atoms with Gasteiger partial charge in [0.1, 0.15) is 5.56 Å². The molecule has 2 rings (SSSR count). The van der Waals surface area contributed by atoms with Crippen molar-refractivity contribution in [1.29, 1.82) is 0 Å². The normalized spacial score (nSPS) is 10.5. The van der Waals surface area contributed by atoms with Crippen LogP contribution in [0.5, 0.6) is 0 Å².